The van der Waals surface area contributed by atoms with E-state index in [9.17, 15) is 4.79 Å². The molecule has 7 heteroatoms. The quantitative estimate of drug-likeness (QED) is 0.553. The summed E-state index contributed by atoms with van der Waals surface area (Å²) < 4.78 is 1.93. The average molecular weight is 380 g/mol. The Labute approximate surface area is 159 Å². The lowest BCUT2D eigenvalue weighted by Crippen LogP contribution is -2.14. The predicted octanol–water partition coefficient (Wildman–Crippen LogP) is 4.55. The summed E-state index contributed by atoms with van der Waals surface area (Å²) in [7, 11) is 0. The summed E-state index contributed by atoms with van der Waals surface area (Å²) in [5, 5.41) is 8.18. The van der Waals surface area contributed by atoms with Crippen molar-refractivity contribution in [1.29, 1.82) is 0 Å². The maximum atomic E-state index is 12.3. The lowest BCUT2D eigenvalue weighted by atomic mass is 10.1. The van der Waals surface area contributed by atoms with Gasteiger partial charge in [0.15, 0.2) is 10.3 Å². The highest BCUT2D eigenvalue weighted by molar-refractivity contribution is 7.14. The second-order valence-electron chi connectivity index (χ2n) is 5.84. The molecular weight excluding hydrogens is 364 g/mol. The van der Waals surface area contributed by atoms with Gasteiger partial charge < -0.3 is 9.88 Å². The van der Waals surface area contributed by atoms with Gasteiger partial charge in [0.2, 0.25) is 5.91 Å². The Morgan fingerprint density at radius 1 is 1.08 bits per heavy atom. The van der Waals surface area contributed by atoms with Crippen molar-refractivity contribution in [2.45, 2.75) is 13.3 Å². The summed E-state index contributed by atoms with van der Waals surface area (Å²) >= 11 is 2.94. The number of thiazole rings is 2. The van der Waals surface area contributed by atoms with Crippen molar-refractivity contribution >= 4 is 33.7 Å². The average Bonchev–Trinajstić information content (AvgIpc) is 3.36. The van der Waals surface area contributed by atoms with Crippen molar-refractivity contribution in [2.24, 2.45) is 0 Å². The topological polar surface area (TPSA) is 59.8 Å². The zero-order valence-electron chi connectivity index (χ0n) is 14.0. The summed E-state index contributed by atoms with van der Waals surface area (Å²) in [4.78, 5) is 21.3. The number of aryl methyl sites for hydroxylation is 1. The first kappa shape index (κ1) is 16.7. The van der Waals surface area contributed by atoms with Crippen molar-refractivity contribution in [3.8, 4) is 16.4 Å². The van der Waals surface area contributed by atoms with Crippen molar-refractivity contribution < 1.29 is 4.79 Å². The fraction of sp³-hybridized carbons (Fsp3) is 0.105. The van der Waals surface area contributed by atoms with Crippen LogP contribution in [0, 0.1) is 6.92 Å². The minimum Gasteiger partial charge on any atom is -0.302 e. The van der Waals surface area contributed by atoms with Gasteiger partial charge in [-0.25, -0.2) is 9.97 Å². The van der Waals surface area contributed by atoms with Crippen LogP contribution >= 0.6 is 22.7 Å². The number of nitrogens with zero attached hydrogens (tertiary/aromatic N) is 3. The van der Waals surface area contributed by atoms with Crippen molar-refractivity contribution in [1.82, 2.24) is 14.5 Å². The molecule has 0 unspecified atom stereocenters. The molecule has 130 valence electrons. The molecule has 1 aromatic carbocycles. The molecule has 0 saturated carbocycles. The van der Waals surface area contributed by atoms with E-state index in [1.165, 1.54) is 28.2 Å². The van der Waals surface area contributed by atoms with Crippen LogP contribution in [0.15, 0.2) is 59.6 Å². The fourth-order valence-electron chi connectivity index (χ4n) is 2.47. The summed E-state index contributed by atoms with van der Waals surface area (Å²) in [6.45, 7) is 2.05. The number of amides is 1. The Morgan fingerprint density at radius 2 is 1.85 bits per heavy atom. The standard InChI is InChI=1S/C19H16N4OS2/c1-13-4-6-14(7-5-13)16-12-25-18(21-16)22-17(24)10-15-11-26-19(20-15)23-8-2-3-9-23/h2-9,11-12H,10H2,1H3,(H,21,22,24). The zero-order chi connectivity index (χ0) is 17.9. The number of anilines is 1. The number of rotatable bonds is 5. The molecule has 0 aliphatic rings. The summed E-state index contributed by atoms with van der Waals surface area (Å²) in [6, 6.07) is 12.1. The van der Waals surface area contributed by atoms with Gasteiger partial charge in [-0.2, -0.15) is 0 Å². The van der Waals surface area contributed by atoms with Gasteiger partial charge in [-0.3, -0.25) is 4.79 Å². The van der Waals surface area contributed by atoms with Crippen LogP contribution in [0.2, 0.25) is 0 Å². The largest absolute Gasteiger partial charge is 0.302 e. The number of hydrogen-bond acceptors (Lipinski definition) is 5. The van der Waals surface area contributed by atoms with E-state index in [0.717, 1.165) is 22.1 Å². The van der Waals surface area contributed by atoms with Crippen molar-refractivity contribution in [3.05, 3.63) is 70.8 Å². The van der Waals surface area contributed by atoms with E-state index in [4.69, 9.17) is 0 Å². The van der Waals surface area contributed by atoms with E-state index in [-0.39, 0.29) is 12.3 Å². The Hall–Kier alpha value is -2.77. The zero-order valence-corrected chi connectivity index (χ0v) is 15.7. The molecule has 4 aromatic rings. The SMILES string of the molecule is Cc1ccc(-c2csc(NC(=O)Cc3csc(-n4cccc4)n3)n2)cc1. The first-order chi connectivity index (χ1) is 12.7. The van der Waals surface area contributed by atoms with E-state index in [2.05, 4.69) is 34.3 Å². The first-order valence-corrected chi connectivity index (χ1v) is 9.83. The summed E-state index contributed by atoms with van der Waals surface area (Å²) in [6.07, 6.45) is 4.10. The van der Waals surface area contributed by atoms with E-state index in [0.29, 0.717) is 5.13 Å². The highest BCUT2D eigenvalue weighted by atomic mass is 32.1. The van der Waals surface area contributed by atoms with Gasteiger partial charge in [-0.15, -0.1) is 22.7 Å². The Bertz CT molecular complexity index is 1020. The molecule has 0 fully saturated rings. The van der Waals surface area contributed by atoms with Crippen LogP contribution in [0.5, 0.6) is 0 Å². The third-order valence-electron chi connectivity index (χ3n) is 3.80. The normalized spacial score (nSPS) is 10.8. The van der Waals surface area contributed by atoms with E-state index in [1.807, 2.05) is 52.0 Å². The van der Waals surface area contributed by atoms with Gasteiger partial charge >= 0.3 is 0 Å². The Kier molecular flexibility index (Phi) is 4.64. The summed E-state index contributed by atoms with van der Waals surface area (Å²) in [5.41, 5.74) is 3.88. The monoisotopic (exact) mass is 380 g/mol. The number of hydrogen-bond donors (Lipinski definition) is 1. The van der Waals surface area contributed by atoms with Gasteiger partial charge in [0.1, 0.15) is 0 Å². The first-order valence-electron chi connectivity index (χ1n) is 8.07. The van der Waals surface area contributed by atoms with Gasteiger partial charge in [-0.1, -0.05) is 29.8 Å². The molecule has 0 saturated heterocycles. The van der Waals surface area contributed by atoms with Crippen LogP contribution in [-0.4, -0.2) is 20.4 Å². The third-order valence-corrected chi connectivity index (χ3v) is 5.47. The fourth-order valence-corrected chi connectivity index (χ4v) is 4.00. The lowest BCUT2D eigenvalue weighted by Gasteiger charge is -2.00. The van der Waals surface area contributed by atoms with Crippen molar-refractivity contribution in [2.75, 3.05) is 5.32 Å². The van der Waals surface area contributed by atoms with Gasteiger partial charge in [0.05, 0.1) is 17.8 Å². The molecule has 3 aromatic heterocycles. The number of carbonyl (C=O) groups excluding carboxylic acids is 1. The molecule has 0 bridgehead atoms. The molecule has 5 nitrogen and oxygen atoms in total. The number of nitrogens with one attached hydrogen (secondary N) is 1. The smallest absolute Gasteiger partial charge is 0.232 e. The molecule has 0 radical (unpaired) electrons. The molecule has 26 heavy (non-hydrogen) atoms. The third kappa shape index (κ3) is 3.74. The van der Waals surface area contributed by atoms with Crippen molar-refractivity contribution in [3.63, 3.8) is 0 Å². The van der Waals surface area contributed by atoms with Crippen LogP contribution in [0.25, 0.3) is 16.4 Å². The maximum absolute atomic E-state index is 12.3. The Balaban J connectivity index is 1.40. The molecule has 3 heterocycles. The second kappa shape index (κ2) is 7.23. The lowest BCUT2D eigenvalue weighted by molar-refractivity contribution is -0.115. The molecule has 4 rings (SSSR count). The number of aromatic nitrogens is 3. The molecule has 0 aliphatic carbocycles. The van der Waals surface area contributed by atoms with Crippen LogP contribution in [0.1, 0.15) is 11.3 Å². The number of carbonyl (C=O) groups is 1. The van der Waals surface area contributed by atoms with E-state index >= 15 is 0 Å². The van der Waals surface area contributed by atoms with Gasteiger partial charge in [-0.05, 0) is 19.1 Å². The minimum atomic E-state index is -0.112. The molecule has 1 N–H and O–H groups in total. The predicted molar refractivity (Wildman–Crippen MR) is 106 cm³/mol. The molecular formula is C19H16N4OS2. The van der Waals surface area contributed by atoms with Crippen LogP contribution in [0.3, 0.4) is 0 Å². The van der Waals surface area contributed by atoms with Gasteiger partial charge in [0.25, 0.3) is 0 Å². The Morgan fingerprint density at radius 3 is 2.62 bits per heavy atom. The molecule has 0 aliphatic heterocycles. The highest BCUT2D eigenvalue weighted by Gasteiger charge is 2.11. The molecule has 0 spiro atoms. The summed E-state index contributed by atoms with van der Waals surface area (Å²) in [5.74, 6) is -0.112. The maximum Gasteiger partial charge on any atom is 0.232 e. The van der Waals surface area contributed by atoms with E-state index in [1.54, 1.807) is 0 Å². The van der Waals surface area contributed by atoms with Crippen LogP contribution < -0.4 is 5.32 Å². The second-order valence-corrected chi connectivity index (χ2v) is 7.54. The molecule has 1 amide bonds. The minimum absolute atomic E-state index is 0.112. The van der Waals surface area contributed by atoms with E-state index < -0.39 is 0 Å². The molecule has 0 atom stereocenters. The van der Waals surface area contributed by atoms with Gasteiger partial charge in [0, 0.05) is 28.7 Å². The van der Waals surface area contributed by atoms with Crippen LogP contribution in [-0.2, 0) is 11.2 Å². The highest BCUT2D eigenvalue weighted by Crippen LogP contribution is 2.25. The van der Waals surface area contributed by atoms with Crippen LogP contribution in [0.4, 0.5) is 5.13 Å². The number of benzene rings is 1.